The molecule has 19 heavy (non-hydrogen) atoms. The van der Waals surface area contributed by atoms with Gasteiger partial charge in [0.1, 0.15) is 5.75 Å². The van der Waals surface area contributed by atoms with Crippen molar-refractivity contribution in [2.75, 3.05) is 7.11 Å². The Hall–Kier alpha value is -2.69. The minimum atomic E-state index is -0.453. The molecule has 2 aromatic carbocycles. The summed E-state index contributed by atoms with van der Waals surface area (Å²) in [6, 6.07) is 12.6. The summed E-state index contributed by atoms with van der Waals surface area (Å²) >= 11 is 0. The van der Waals surface area contributed by atoms with Crippen LogP contribution in [-0.2, 0) is 0 Å². The average molecular weight is 256 g/mol. The first kappa shape index (κ1) is 12.8. The van der Waals surface area contributed by atoms with Gasteiger partial charge in [0.25, 0.3) is 0 Å². The lowest BCUT2D eigenvalue weighted by molar-refractivity contribution is 0.415. The number of hydrogen-bond donors (Lipinski definition) is 1. The molecule has 0 spiro atoms. The molecule has 0 atom stereocenters. The Morgan fingerprint density at radius 2 is 1.42 bits per heavy atom. The van der Waals surface area contributed by atoms with Gasteiger partial charge in [-0.2, -0.15) is 10.2 Å². The van der Waals surface area contributed by atoms with E-state index in [-0.39, 0.29) is 5.75 Å². The van der Waals surface area contributed by atoms with Crippen LogP contribution in [0.4, 0.5) is 11.4 Å². The van der Waals surface area contributed by atoms with E-state index in [1.807, 2.05) is 0 Å². The largest absolute Gasteiger partial charge is 0.504 e. The highest BCUT2D eigenvalue weighted by atomic mass is 16.5. The van der Waals surface area contributed by atoms with Crippen LogP contribution >= 0.6 is 0 Å². The number of nitrogens with zero attached hydrogens (tertiary/aromatic N) is 2. The quantitative estimate of drug-likeness (QED) is 0.857. The zero-order chi connectivity index (χ0) is 13.7. The predicted molar refractivity (Wildman–Crippen MR) is 71.5 cm³/mol. The molecule has 5 nitrogen and oxygen atoms in total. The van der Waals surface area contributed by atoms with Gasteiger partial charge in [0, 0.05) is 0 Å². The summed E-state index contributed by atoms with van der Waals surface area (Å²) in [5.41, 5.74) is 0.693. The van der Waals surface area contributed by atoms with Crippen molar-refractivity contribution in [3.8, 4) is 11.5 Å². The first-order valence-electron chi connectivity index (χ1n) is 5.58. The van der Waals surface area contributed by atoms with Crippen LogP contribution < -0.4 is 10.2 Å². The molecule has 0 aliphatic rings. The van der Waals surface area contributed by atoms with Crippen LogP contribution in [-0.4, -0.2) is 12.2 Å². The van der Waals surface area contributed by atoms with Crippen LogP contribution in [0, 0.1) is 0 Å². The van der Waals surface area contributed by atoms with Gasteiger partial charge in [-0.05, 0) is 48.5 Å². The monoisotopic (exact) mass is 256 g/mol. The third kappa shape index (κ3) is 3.38. The first-order chi connectivity index (χ1) is 9.19. The molecule has 0 aliphatic heterocycles. The number of azo groups is 1. The van der Waals surface area contributed by atoms with E-state index in [4.69, 9.17) is 4.74 Å². The molecule has 0 bridgehead atoms. The molecule has 96 valence electrons. The van der Waals surface area contributed by atoms with Gasteiger partial charge in [0.15, 0.2) is 5.75 Å². The molecule has 2 rings (SSSR count). The molecule has 5 heteroatoms. The molecule has 0 saturated heterocycles. The smallest absolute Gasteiger partial charge is 0.220 e. The second kappa shape index (κ2) is 5.77. The summed E-state index contributed by atoms with van der Waals surface area (Å²) < 4.78 is 5.04. The van der Waals surface area contributed by atoms with E-state index in [9.17, 15) is 9.90 Å². The lowest BCUT2D eigenvalue weighted by atomic mass is 10.3. The Kier molecular flexibility index (Phi) is 3.87. The standard InChI is InChI=1S/C14H12N2O3/c1-19-12-6-2-10(3-7-12)15-16-11-4-8-13(17)14(18)9-5-11/h2-9H,1H3,(H,17,18). The topological polar surface area (TPSA) is 71.2 Å². The summed E-state index contributed by atoms with van der Waals surface area (Å²) in [7, 11) is 1.59. The third-order valence-electron chi connectivity index (χ3n) is 2.42. The van der Waals surface area contributed by atoms with Crippen LogP contribution in [0.15, 0.2) is 63.6 Å². The Labute approximate surface area is 109 Å². The molecular formula is C14H12N2O3. The second-order valence-corrected chi connectivity index (χ2v) is 3.74. The fourth-order valence-corrected chi connectivity index (χ4v) is 1.38. The van der Waals surface area contributed by atoms with Crippen LogP contribution in [0.2, 0.25) is 0 Å². The highest BCUT2D eigenvalue weighted by Crippen LogP contribution is 2.20. The van der Waals surface area contributed by atoms with E-state index >= 15 is 0 Å². The summed E-state index contributed by atoms with van der Waals surface area (Å²) in [6.45, 7) is 0. The number of rotatable bonds is 3. The van der Waals surface area contributed by atoms with Crippen molar-refractivity contribution in [2.24, 2.45) is 10.2 Å². The van der Waals surface area contributed by atoms with Gasteiger partial charge in [-0.15, -0.1) is 0 Å². The Morgan fingerprint density at radius 3 is 2.00 bits per heavy atom. The van der Waals surface area contributed by atoms with Crippen molar-refractivity contribution in [2.45, 2.75) is 0 Å². The maximum Gasteiger partial charge on any atom is 0.220 e. The van der Waals surface area contributed by atoms with Crippen LogP contribution in [0.1, 0.15) is 0 Å². The molecule has 0 heterocycles. The Bertz CT molecular complexity index is 652. The van der Waals surface area contributed by atoms with Gasteiger partial charge in [0.2, 0.25) is 5.43 Å². The normalized spacial score (nSPS) is 10.6. The highest BCUT2D eigenvalue weighted by molar-refractivity contribution is 5.43. The lowest BCUT2D eigenvalue weighted by Gasteiger charge is -1.97. The van der Waals surface area contributed by atoms with E-state index in [0.29, 0.717) is 11.4 Å². The maximum absolute atomic E-state index is 11.2. The molecule has 0 unspecified atom stereocenters. The summed E-state index contributed by atoms with van der Waals surface area (Å²) in [5, 5.41) is 17.3. The molecule has 0 amide bonds. The summed E-state index contributed by atoms with van der Waals surface area (Å²) in [4.78, 5) is 11.2. The number of aromatic hydroxyl groups is 1. The van der Waals surface area contributed by atoms with Gasteiger partial charge in [-0.1, -0.05) is 0 Å². The fourth-order valence-electron chi connectivity index (χ4n) is 1.38. The summed E-state index contributed by atoms with van der Waals surface area (Å²) in [6.07, 6.45) is 0. The van der Waals surface area contributed by atoms with E-state index < -0.39 is 5.43 Å². The van der Waals surface area contributed by atoms with E-state index in [0.717, 1.165) is 5.75 Å². The minimum absolute atomic E-state index is 0.314. The van der Waals surface area contributed by atoms with Crippen molar-refractivity contribution >= 4 is 11.4 Å². The maximum atomic E-state index is 11.2. The Morgan fingerprint density at radius 1 is 0.895 bits per heavy atom. The SMILES string of the molecule is COc1ccc(N=Nc2ccc(O)c(=O)cc2)cc1. The summed E-state index contributed by atoms with van der Waals surface area (Å²) in [5.74, 6) is 0.428. The number of methoxy groups -OCH3 is 1. The zero-order valence-electron chi connectivity index (χ0n) is 10.3. The van der Waals surface area contributed by atoms with Crippen molar-refractivity contribution in [1.82, 2.24) is 0 Å². The van der Waals surface area contributed by atoms with Gasteiger partial charge in [0.05, 0.1) is 18.5 Å². The van der Waals surface area contributed by atoms with Gasteiger partial charge < -0.3 is 9.84 Å². The molecule has 0 fully saturated rings. The molecular weight excluding hydrogens is 244 g/mol. The van der Waals surface area contributed by atoms with E-state index in [2.05, 4.69) is 10.2 Å². The molecule has 0 aliphatic carbocycles. The predicted octanol–water partition coefficient (Wildman–Crippen LogP) is 3.18. The van der Waals surface area contributed by atoms with E-state index in [1.54, 1.807) is 31.4 Å². The van der Waals surface area contributed by atoms with Gasteiger partial charge >= 0.3 is 0 Å². The first-order valence-corrected chi connectivity index (χ1v) is 5.58. The lowest BCUT2D eigenvalue weighted by Crippen LogP contribution is -1.90. The third-order valence-corrected chi connectivity index (χ3v) is 2.42. The number of ether oxygens (including phenoxy) is 1. The second-order valence-electron chi connectivity index (χ2n) is 3.74. The average Bonchev–Trinajstić information content (AvgIpc) is 2.61. The number of benzene rings is 1. The van der Waals surface area contributed by atoms with Crippen LogP contribution in [0.25, 0.3) is 0 Å². The van der Waals surface area contributed by atoms with Crippen molar-refractivity contribution in [3.05, 3.63) is 58.8 Å². The van der Waals surface area contributed by atoms with Crippen LogP contribution in [0.3, 0.4) is 0 Å². The van der Waals surface area contributed by atoms with Crippen molar-refractivity contribution in [1.29, 1.82) is 0 Å². The van der Waals surface area contributed by atoms with E-state index in [1.165, 1.54) is 24.3 Å². The van der Waals surface area contributed by atoms with Crippen molar-refractivity contribution in [3.63, 3.8) is 0 Å². The number of hydrogen-bond acceptors (Lipinski definition) is 5. The molecule has 1 N–H and O–H groups in total. The molecule has 2 aromatic rings. The minimum Gasteiger partial charge on any atom is -0.504 e. The molecule has 0 saturated carbocycles. The van der Waals surface area contributed by atoms with Gasteiger partial charge in [-0.25, -0.2) is 0 Å². The van der Waals surface area contributed by atoms with Crippen molar-refractivity contribution < 1.29 is 9.84 Å². The Balaban J connectivity index is 2.22. The zero-order valence-corrected chi connectivity index (χ0v) is 10.3. The highest BCUT2D eigenvalue weighted by Gasteiger charge is 1.94. The molecule has 0 radical (unpaired) electrons. The van der Waals surface area contributed by atoms with Gasteiger partial charge in [-0.3, -0.25) is 4.79 Å². The fraction of sp³-hybridized carbons (Fsp3) is 0.0714. The molecule has 0 aromatic heterocycles. The van der Waals surface area contributed by atoms with Crippen LogP contribution in [0.5, 0.6) is 11.5 Å².